The molecular formula is C47H58F2N4O8. The van der Waals surface area contributed by atoms with E-state index < -0.39 is 75.8 Å². The summed E-state index contributed by atoms with van der Waals surface area (Å²) in [6.45, 7) is 10.6. The van der Waals surface area contributed by atoms with Gasteiger partial charge in [0.25, 0.3) is 0 Å². The topological polar surface area (TPSA) is 134 Å². The molecule has 1 saturated carbocycles. The number of benzene rings is 1. The van der Waals surface area contributed by atoms with Gasteiger partial charge in [-0.2, -0.15) is 0 Å². The van der Waals surface area contributed by atoms with Gasteiger partial charge in [0, 0.05) is 98.3 Å². The molecule has 4 fully saturated rings. The van der Waals surface area contributed by atoms with Crippen LogP contribution >= 0.6 is 0 Å². The summed E-state index contributed by atoms with van der Waals surface area (Å²) in [5, 5.41) is 14.2. The van der Waals surface area contributed by atoms with Crippen molar-refractivity contribution in [1.29, 1.82) is 0 Å². The molecule has 0 radical (unpaired) electrons. The minimum atomic E-state index is -2.94. The minimum absolute atomic E-state index is 0.193. The van der Waals surface area contributed by atoms with Crippen molar-refractivity contribution in [3.05, 3.63) is 77.2 Å². The van der Waals surface area contributed by atoms with Crippen molar-refractivity contribution >= 4 is 34.9 Å². The van der Waals surface area contributed by atoms with E-state index in [0.29, 0.717) is 44.7 Å². The number of allylic oxidation sites excluding steroid dienone is 1. The Bertz CT molecular complexity index is 2280. The summed E-state index contributed by atoms with van der Waals surface area (Å²) in [7, 11) is 6.03. The number of carbonyl (C=O) groups excluding carboxylic acids is 3. The summed E-state index contributed by atoms with van der Waals surface area (Å²) < 4.78 is 54.8. The molecule has 1 spiro atoms. The summed E-state index contributed by atoms with van der Waals surface area (Å²) in [5.74, 6) is -6.97. The van der Waals surface area contributed by atoms with Gasteiger partial charge in [0.05, 0.1) is 26.4 Å². The summed E-state index contributed by atoms with van der Waals surface area (Å²) in [6, 6.07) is 4.64. The molecule has 12 atom stereocenters. The van der Waals surface area contributed by atoms with Crippen LogP contribution in [0.4, 0.5) is 8.78 Å². The van der Waals surface area contributed by atoms with Crippen LogP contribution in [0.25, 0.3) is 17.0 Å². The number of hydrogen-bond acceptors (Lipinski definition) is 11. The zero-order chi connectivity index (χ0) is 43.6. The Hall–Kier alpha value is -4.37. The van der Waals surface area contributed by atoms with E-state index in [1.54, 1.807) is 13.2 Å². The number of fused-ring (bicyclic) bond motifs is 6. The van der Waals surface area contributed by atoms with E-state index in [0.717, 1.165) is 40.2 Å². The van der Waals surface area contributed by atoms with Gasteiger partial charge in [-0.25, -0.2) is 13.6 Å². The Morgan fingerprint density at radius 2 is 1.85 bits per heavy atom. The number of esters is 3. The van der Waals surface area contributed by atoms with Crippen LogP contribution in [0.1, 0.15) is 63.3 Å². The predicted octanol–water partition coefficient (Wildman–Crippen LogP) is 5.36. The molecule has 5 aliphatic heterocycles. The predicted molar refractivity (Wildman–Crippen MR) is 223 cm³/mol. The van der Waals surface area contributed by atoms with Gasteiger partial charge in [0.2, 0.25) is 11.5 Å². The van der Waals surface area contributed by atoms with Crippen molar-refractivity contribution in [2.24, 2.45) is 28.6 Å². The molecule has 3 saturated heterocycles. The maximum absolute atomic E-state index is 15.4. The summed E-state index contributed by atoms with van der Waals surface area (Å²) in [6.07, 6.45) is 9.24. The molecular weight excluding hydrogens is 787 g/mol. The van der Waals surface area contributed by atoms with Crippen molar-refractivity contribution in [2.75, 3.05) is 54.6 Å². The monoisotopic (exact) mass is 844 g/mol. The van der Waals surface area contributed by atoms with Crippen LogP contribution in [0.15, 0.2) is 60.4 Å². The lowest BCUT2D eigenvalue weighted by Crippen LogP contribution is -2.79. The summed E-state index contributed by atoms with van der Waals surface area (Å²) in [5.41, 5.74) is -1.03. The number of likely N-dealkylation sites (tertiary alicyclic amines) is 1. The minimum Gasteiger partial charge on any atom is -0.468 e. The van der Waals surface area contributed by atoms with Crippen molar-refractivity contribution < 1.29 is 47.2 Å². The van der Waals surface area contributed by atoms with Gasteiger partial charge in [-0.05, 0) is 80.0 Å². The van der Waals surface area contributed by atoms with Gasteiger partial charge in [0.15, 0.2) is 6.10 Å². The van der Waals surface area contributed by atoms with Crippen LogP contribution in [-0.4, -0.2) is 133 Å². The molecule has 6 heterocycles. The first-order chi connectivity index (χ1) is 29.0. The zero-order valence-electron chi connectivity index (χ0n) is 36.1. The first-order valence-corrected chi connectivity index (χ1v) is 21.6. The second-order valence-corrected chi connectivity index (χ2v) is 18.8. The number of rotatable bonds is 8. The third-order valence-electron chi connectivity index (χ3n) is 16.0. The van der Waals surface area contributed by atoms with E-state index >= 15 is 13.6 Å². The number of alkyl halides is 2. The number of ether oxygens (including phenoxy) is 4. The van der Waals surface area contributed by atoms with Gasteiger partial charge in [-0.15, -0.1) is 0 Å². The number of methoxy groups -OCH3 is 3. The number of H-pyrrole nitrogens is 1. The van der Waals surface area contributed by atoms with Crippen LogP contribution in [-0.2, 0) is 45.3 Å². The number of carbonyl (C=O) groups is 3. The maximum atomic E-state index is 15.4. The van der Waals surface area contributed by atoms with Crippen molar-refractivity contribution in [3.8, 4) is 0 Å². The number of nitrogens with one attached hydrogen (secondary N) is 1. The average Bonchev–Trinajstić information content (AvgIpc) is 3.89. The largest absolute Gasteiger partial charge is 0.468 e. The number of hydrogen-bond donors (Lipinski definition) is 2. The molecule has 61 heavy (non-hydrogen) atoms. The molecule has 2 N–H and O–H groups in total. The second-order valence-electron chi connectivity index (χ2n) is 18.8. The number of likely N-dealkylation sites (N-methyl/N-ethyl adjacent to an activating group) is 1. The fraction of sp³-hybridized carbons (Fsp3) is 0.596. The van der Waals surface area contributed by atoms with Gasteiger partial charge < -0.3 is 33.9 Å². The quantitative estimate of drug-likeness (QED) is 0.202. The number of nitrogens with zero attached hydrogens (tertiary/aromatic N) is 3. The van der Waals surface area contributed by atoms with Crippen LogP contribution in [0.3, 0.4) is 0 Å². The van der Waals surface area contributed by atoms with E-state index in [1.165, 1.54) is 21.1 Å². The highest BCUT2D eigenvalue weighted by Gasteiger charge is 2.81. The van der Waals surface area contributed by atoms with Crippen molar-refractivity contribution in [2.45, 2.75) is 94.2 Å². The SMILES string of the molecule is C=Cc1ccc2[nH]c3c(c2c1)CN1CC(C(C)(F)F)C[C@@H](C1)C[C@]3(C(=O)OC)C1C=C2C(=CC1OC)N(C)[C@H]1[C@@](O)(C(=O)OC)[C@H](OC(C)=O)[C@]3(CC)C=CCN4CC[C@]21[C@@H]43. The lowest BCUT2D eigenvalue weighted by molar-refractivity contribution is -0.243. The van der Waals surface area contributed by atoms with E-state index in [2.05, 4.69) is 27.4 Å². The van der Waals surface area contributed by atoms with Gasteiger partial charge in [-0.3, -0.25) is 19.4 Å². The Morgan fingerprint density at radius 1 is 1.10 bits per heavy atom. The molecule has 328 valence electrons. The second kappa shape index (κ2) is 14.3. The molecule has 1 aromatic heterocycles. The Balaban J connectivity index is 1.33. The molecule has 2 aromatic rings. The maximum Gasteiger partial charge on any atom is 0.344 e. The number of aromatic amines is 1. The van der Waals surface area contributed by atoms with E-state index in [9.17, 15) is 14.7 Å². The van der Waals surface area contributed by atoms with Gasteiger partial charge in [0.1, 0.15) is 5.41 Å². The standard InChI is InChI=1S/C47H58F2N4O8/c1-9-27-12-13-34-30(19-27)31-25-52-23-28(18-29(24-52)43(4,48)49)22-46(37(31)50-34,41(55)59-7)33-20-32-35(21-36(33)58-6)51(5)39-45(32)15-17-53-16-11-14-44(10-2,38(45)53)40(61-26(3)54)47(39,57)42(56)60-8/h9,11-14,19-21,28-29,33,36,38-40,50,57H,1,10,15-18,22-25H2,2-8H3/t28-,29?,33?,36?,38+,39-,40-,44-,45-,46+,47+/m1/s1. The van der Waals surface area contributed by atoms with E-state index in [1.807, 2.05) is 55.3 Å². The molecule has 12 nitrogen and oxygen atoms in total. The molecule has 14 heteroatoms. The Labute approximate surface area is 355 Å². The molecule has 2 aliphatic carbocycles. The number of piperidine rings is 1. The molecule has 1 aromatic carbocycles. The van der Waals surface area contributed by atoms with Crippen LogP contribution < -0.4 is 0 Å². The fourth-order valence-corrected chi connectivity index (χ4v) is 13.9. The Morgan fingerprint density at radius 3 is 2.51 bits per heavy atom. The number of halogens is 2. The Kier molecular flexibility index (Phi) is 9.86. The highest BCUT2D eigenvalue weighted by Crippen LogP contribution is 2.70. The molecule has 9 rings (SSSR count). The van der Waals surface area contributed by atoms with Crippen LogP contribution in [0.2, 0.25) is 0 Å². The first-order valence-electron chi connectivity index (χ1n) is 21.6. The lowest BCUT2D eigenvalue weighted by Gasteiger charge is -2.63. The first kappa shape index (κ1) is 42.0. The number of aromatic nitrogens is 1. The van der Waals surface area contributed by atoms with Crippen LogP contribution in [0, 0.1) is 28.6 Å². The third-order valence-corrected chi connectivity index (χ3v) is 16.0. The zero-order valence-corrected chi connectivity index (χ0v) is 36.1. The fourth-order valence-electron chi connectivity index (χ4n) is 13.9. The normalized spacial score (nSPS) is 38.8. The number of aliphatic hydroxyl groups is 1. The third kappa shape index (κ3) is 5.56. The molecule has 7 aliphatic rings. The molecule has 0 amide bonds. The van der Waals surface area contributed by atoms with Gasteiger partial charge in [-0.1, -0.05) is 43.9 Å². The van der Waals surface area contributed by atoms with E-state index in [-0.39, 0.29) is 31.3 Å². The molecule has 2 bridgehead atoms. The smallest absolute Gasteiger partial charge is 0.344 e. The summed E-state index contributed by atoms with van der Waals surface area (Å²) in [4.78, 5) is 52.8. The average molecular weight is 845 g/mol. The highest BCUT2D eigenvalue weighted by atomic mass is 19.3. The van der Waals surface area contributed by atoms with Gasteiger partial charge >= 0.3 is 17.9 Å². The van der Waals surface area contributed by atoms with Crippen molar-refractivity contribution in [3.63, 3.8) is 0 Å². The van der Waals surface area contributed by atoms with E-state index in [4.69, 9.17) is 18.9 Å². The summed E-state index contributed by atoms with van der Waals surface area (Å²) >= 11 is 0. The van der Waals surface area contributed by atoms with Crippen LogP contribution in [0.5, 0.6) is 0 Å². The van der Waals surface area contributed by atoms with Crippen molar-refractivity contribution in [1.82, 2.24) is 19.7 Å². The lowest BCUT2D eigenvalue weighted by atomic mass is 9.47. The highest BCUT2D eigenvalue weighted by molar-refractivity contribution is 5.92. The molecule has 4 unspecified atom stereocenters.